The first-order chi connectivity index (χ1) is 1.41. The van der Waals surface area contributed by atoms with Crippen molar-refractivity contribution in [3.8, 4) is 12.3 Å². The van der Waals surface area contributed by atoms with Gasteiger partial charge in [0.1, 0.15) is 0 Å². The predicted molar refractivity (Wildman–Crippen MR) is 25.8 cm³/mol. The van der Waals surface area contributed by atoms with Crippen molar-refractivity contribution in [1.29, 1.82) is 0 Å². The Balaban J connectivity index is 0. The molecule has 0 aromatic rings. The van der Waals surface area contributed by atoms with E-state index in [4.69, 9.17) is 0 Å². The predicted octanol–water partition coefficient (Wildman–Crippen LogP) is -0.812. The Bertz CT molecular complexity index is 24.8. The van der Waals surface area contributed by atoms with Crippen LogP contribution >= 0.6 is 0 Å². The number of terminal acetylenes is 1. The van der Waals surface area contributed by atoms with Crippen molar-refractivity contribution in [3.05, 3.63) is 0 Å². The van der Waals surface area contributed by atoms with E-state index in [0.29, 0.717) is 0 Å². The zero-order chi connectivity index (χ0) is 2.71. The second-order valence-corrected chi connectivity index (χ2v) is 0.289. The summed E-state index contributed by atoms with van der Waals surface area (Å²) in [5.41, 5.74) is 0. The van der Waals surface area contributed by atoms with Crippen LogP contribution in [0.2, 0.25) is 0 Å². The van der Waals surface area contributed by atoms with Gasteiger partial charge in [0, 0.05) is 0 Å². The maximum absolute atomic E-state index is 4.60. The molecule has 0 unspecified atom stereocenters. The monoisotopic (exact) mass is 118 g/mol. The fourth-order valence-electron chi connectivity index (χ4n) is 0. The summed E-state index contributed by atoms with van der Waals surface area (Å²) in [6.07, 6.45) is 4.60. The van der Waals surface area contributed by atoms with Gasteiger partial charge in [0.15, 0.2) is 0 Å². The average molecular weight is 117 g/mol. The van der Waals surface area contributed by atoms with Crippen LogP contribution in [0.1, 0.15) is 6.92 Å². The second-order valence-electron chi connectivity index (χ2n) is 0.289. The molecule has 0 nitrogen and oxygen atoms in total. The molecule has 0 saturated carbocycles. The van der Waals surface area contributed by atoms with Crippen molar-refractivity contribution in [1.82, 2.24) is 0 Å². The summed E-state index contributed by atoms with van der Waals surface area (Å²) >= 11 is 0. The molecule has 0 amide bonds. The molecule has 0 aromatic heterocycles. The molecule has 4 heavy (non-hydrogen) atoms. The molecular formula is C3H8Ge. The Labute approximate surface area is 37.6 Å². The van der Waals surface area contributed by atoms with Gasteiger partial charge in [-0.2, -0.15) is 0 Å². The van der Waals surface area contributed by atoms with Gasteiger partial charge >= 0.3 is 17.6 Å². The number of hydrogen-bond donors (Lipinski definition) is 0. The molecule has 0 N–H and O–H groups in total. The molecule has 0 saturated heterocycles. The molecule has 0 fully saturated rings. The molecule has 24 valence electrons. The SMILES string of the molecule is C#CC.[GeH4]. The van der Waals surface area contributed by atoms with E-state index in [2.05, 4.69) is 12.3 Å². The van der Waals surface area contributed by atoms with Crippen molar-refractivity contribution in [2.45, 2.75) is 6.92 Å². The molecule has 0 heterocycles. The van der Waals surface area contributed by atoms with Crippen molar-refractivity contribution in [2.24, 2.45) is 0 Å². The van der Waals surface area contributed by atoms with Gasteiger partial charge < -0.3 is 0 Å². The van der Waals surface area contributed by atoms with Gasteiger partial charge in [0.05, 0.1) is 0 Å². The van der Waals surface area contributed by atoms with Gasteiger partial charge in [-0.05, 0) is 6.92 Å². The van der Waals surface area contributed by atoms with E-state index < -0.39 is 0 Å². The van der Waals surface area contributed by atoms with Gasteiger partial charge in [-0.3, -0.25) is 0 Å². The number of hydrogen-bond acceptors (Lipinski definition) is 0. The van der Waals surface area contributed by atoms with Crippen molar-refractivity contribution >= 4 is 17.6 Å². The van der Waals surface area contributed by atoms with Crippen LogP contribution in [0.3, 0.4) is 0 Å². The van der Waals surface area contributed by atoms with Gasteiger partial charge in [-0.1, -0.05) is 0 Å². The average Bonchev–Trinajstić information content (AvgIpc) is 0.918. The second kappa shape index (κ2) is 11.3. The van der Waals surface area contributed by atoms with Crippen LogP contribution in [-0.4, -0.2) is 17.6 Å². The molecule has 0 spiro atoms. The molecule has 0 aliphatic heterocycles. The van der Waals surface area contributed by atoms with E-state index in [1.54, 1.807) is 6.92 Å². The molecule has 0 radical (unpaired) electrons. The van der Waals surface area contributed by atoms with Crippen LogP contribution in [0.4, 0.5) is 0 Å². The minimum atomic E-state index is 0. The third-order valence-electron chi connectivity index (χ3n) is 0. The van der Waals surface area contributed by atoms with Crippen molar-refractivity contribution < 1.29 is 0 Å². The Kier molecular flexibility index (Phi) is 25.2. The first kappa shape index (κ1) is 8.93. The van der Waals surface area contributed by atoms with E-state index in [1.165, 1.54) is 0 Å². The summed E-state index contributed by atoms with van der Waals surface area (Å²) in [5, 5.41) is 0. The Morgan fingerprint density at radius 1 is 1.75 bits per heavy atom. The van der Waals surface area contributed by atoms with Crippen LogP contribution < -0.4 is 0 Å². The van der Waals surface area contributed by atoms with Gasteiger partial charge in [-0.25, -0.2) is 0 Å². The Hall–Kier alpha value is 0.103. The summed E-state index contributed by atoms with van der Waals surface area (Å²) in [6, 6.07) is 0. The van der Waals surface area contributed by atoms with Crippen LogP contribution in [0.15, 0.2) is 0 Å². The van der Waals surface area contributed by atoms with Crippen molar-refractivity contribution in [3.63, 3.8) is 0 Å². The van der Waals surface area contributed by atoms with Gasteiger partial charge in [0.25, 0.3) is 0 Å². The normalized spacial score (nSPS) is 2.00. The summed E-state index contributed by atoms with van der Waals surface area (Å²) in [5.74, 6) is 2.25. The van der Waals surface area contributed by atoms with E-state index in [9.17, 15) is 0 Å². The zero-order valence-corrected chi connectivity index (χ0v) is 2.08. The Morgan fingerprint density at radius 2 is 1.75 bits per heavy atom. The summed E-state index contributed by atoms with van der Waals surface area (Å²) in [6.45, 7) is 1.65. The minimum absolute atomic E-state index is 0. The first-order valence-electron chi connectivity index (χ1n) is 0.789. The molecule has 0 aliphatic rings. The summed E-state index contributed by atoms with van der Waals surface area (Å²) < 4.78 is 0. The van der Waals surface area contributed by atoms with E-state index in [-0.39, 0.29) is 17.6 Å². The molecule has 0 bridgehead atoms. The molecule has 0 atom stereocenters. The topological polar surface area (TPSA) is 0 Å². The van der Waals surface area contributed by atoms with E-state index in [1.807, 2.05) is 0 Å². The molecule has 0 rings (SSSR count). The Morgan fingerprint density at radius 3 is 1.75 bits per heavy atom. The van der Waals surface area contributed by atoms with E-state index >= 15 is 0 Å². The third kappa shape index (κ3) is 242. The maximum atomic E-state index is 4.60. The standard InChI is InChI=1S/C3H4.GeH4/c1-3-2;/h1H,2H3;1H4. The van der Waals surface area contributed by atoms with Gasteiger partial charge in [0.2, 0.25) is 0 Å². The molecule has 0 aliphatic carbocycles. The summed E-state index contributed by atoms with van der Waals surface area (Å²) in [7, 11) is 0. The van der Waals surface area contributed by atoms with Crippen LogP contribution in [0, 0.1) is 12.3 Å². The fourth-order valence-corrected chi connectivity index (χ4v) is 0. The van der Waals surface area contributed by atoms with Gasteiger partial charge in [-0.15, -0.1) is 12.3 Å². The van der Waals surface area contributed by atoms with Crippen LogP contribution in [0.5, 0.6) is 0 Å². The molecular weight excluding hydrogens is 109 g/mol. The summed E-state index contributed by atoms with van der Waals surface area (Å²) in [4.78, 5) is 0. The van der Waals surface area contributed by atoms with E-state index in [0.717, 1.165) is 0 Å². The fraction of sp³-hybridized carbons (Fsp3) is 0.333. The first-order valence-corrected chi connectivity index (χ1v) is 0.789. The number of rotatable bonds is 0. The zero-order valence-electron chi connectivity index (χ0n) is 2.08. The van der Waals surface area contributed by atoms with Crippen LogP contribution in [0.25, 0.3) is 0 Å². The third-order valence-corrected chi connectivity index (χ3v) is 0. The molecule has 0 aromatic carbocycles. The van der Waals surface area contributed by atoms with Crippen molar-refractivity contribution in [2.75, 3.05) is 0 Å². The van der Waals surface area contributed by atoms with Crippen LogP contribution in [-0.2, 0) is 0 Å². The molecule has 1 heteroatoms. The quantitative estimate of drug-likeness (QED) is 0.287.